The number of aromatic nitrogens is 2. The molecule has 1 aliphatic carbocycles. The van der Waals surface area contributed by atoms with Crippen molar-refractivity contribution in [3.8, 4) is 11.5 Å². The second-order valence-electron chi connectivity index (χ2n) is 8.74. The lowest BCUT2D eigenvalue weighted by Crippen LogP contribution is -2.48. The monoisotopic (exact) mass is 504 g/mol. The van der Waals surface area contributed by atoms with E-state index in [0.29, 0.717) is 12.8 Å². The third-order valence-electron chi connectivity index (χ3n) is 6.24. The number of anilines is 2. The van der Waals surface area contributed by atoms with Gasteiger partial charge in [-0.15, -0.1) is 13.2 Å². The van der Waals surface area contributed by atoms with Crippen molar-refractivity contribution in [3.05, 3.63) is 81.0 Å². The van der Waals surface area contributed by atoms with Gasteiger partial charge in [0, 0.05) is 25.7 Å². The third-order valence-corrected chi connectivity index (χ3v) is 6.24. The molecule has 0 spiro atoms. The number of nitrogens with one attached hydrogen (secondary N) is 1. The van der Waals surface area contributed by atoms with E-state index in [2.05, 4.69) is 10.1 Å². The van der Waals surface area contributed by atoms with Crippen molar-refractivity contribution in [1.82, 2.24) is 9.13 Å². The van der Waals surface area contributed by atoms with Gasteiger partial charge in [0.25, 0.3) is 11.9 Å². The summed E-state index contributed by atoms with van der Waals surface area (Å²) in [5, 5.41) is 12.7. The fourth-order valence-electron chi connectivity index (χ4n) is 4.46. The number of alkyl halides is 3. The van der Waals surface area contributed by atoms with Gasteiger partial charge in [-0.05, 0) is 30.5 Å². The van der Waals surface area contributed by atoms with Crippen LogP contribution in [0.5, 0.6) is 11.5 Å². The van der Waals surface area contributed by atoms with Crippen LogP contribution in [0.15, 0.2) is 64.2 Å². The summed E-state index contributed by atoms with van der Waals surface area (Å²) in [6, 6.07) is 13.9. The van der Waals surface area contributed by atoms with Gasteiger partial charge in [-0.25, -0.2) is 4.79 Å². The minimum absolute atomic E-state index is 0.0626. The van der Waals surface area contributed by atoms with Crippen molar-refractivity contribution in [2.75, 3.05) is 10.2 Å². The van der Waals surface area contributed by atoms with Crippen LogP contribution >= 0.6 is 0 Å². The summed E-state index contributed by atoms with van der Waals surface area (Å²) in [7, 11) is 1.51. The highest BCUT2D eigenvalue weighted by atomic mass is 19.4. The normalized spacial score (nSPS) is 20.9. The lowest BCUT2D eigenvalue weighted by molar-refractivity contribution is -0.274. The van der Waals surface area contributed by atoms with Crippen molar-refractivity contribution in [3.63, 3.8) is 0 Å². The molecule has 0 radical (unpaired) electrons. The molecule has 1 aromatic heterocycles. The molecule has 190 valence electrons. The summed E-state index contributed by atoms with van der Waals surface area (Å²) < 4.78 is 50.4. The molecule has 2 aromatic carbocycles. The summed E-state index contributed by atoms with van der Waals surface area (Å²) in [5.74, 6) is -0.166. The number of aliphatic hydroxyl groups excluding tert-OH is 1. The SMILES string of the molecule is Cn1c2c(c(=O)n(C3CC(O)C3)c1=O)N(Cc1ccccc1)C(Oc1cccc(OC(F)(F)F)c1)N2. The van der Waals surface area contributed by atoms with Crippen molar-refractivity contribution in [1.29, 1.82) is 0 Å². The molecule has 1 saturated carbocycles. The van der Waals surface area contributed by atoms with Crippen LogP contribution in [-0.2, 0) is 13.6 Å². The number of halogens is 3. The van der Waals surface area contributed by atoms with Gasteiger partial charge in [0.2, 0.25) is 0 Å². The van der Waals surface area contributed by atoms with Crippen molar-refractivity contribution in [2.24, 2.45) is 7.05 Å². The van der Waals surface area contributed by atoms with E-state index in [1.165, 1.54) is 23.7 Å². The van der Waals surface area contributed by atoms with E-state index in [9.17, 15) is 27.9 Å². The molecule has 1 unspecified atom stereocenters. The molecule has 0 saturated heterocycles. The molecule has 3 aromatic rings. The largest absolute Gasteiger partial charge is 0.573 e. The zero-order valence-electron chi connectivity index (χ0n) is 19.1. The fraction of sp³-hybridized carbons (Fsp3) is 0.333. The first-order valence-electron chi connectivity index (χ1n) is 11.2. The molecule has 9 nitrogen and oxygen atoms in total. The first-order chi connectivity index (χ1) is 17.1. The van der Waals surface area contributed by atoms with Gasteiger partial charge in [-0.2, -0.15) is 0 Å². The van der Waals surface area contributed by atoms with E-state index in [1.54, 1.807) is 4.90 Å². The highest BCUT2D eigenvalue weighted by molar-refractivity contribution is 5.71. The van der Waals surface area contributed by atoms with Gasteiger partial charge in [0.1, 0.15) is 23.0 Å². The lowest BCUT2D eigenvalue weighted by atomic mass is 9.89. The van der Waals surface area contributed by atoms with E-state index < -0.39 is 41.9 Å². The zero-order chi connectivity index (χ0) is 25.6. The van der Waals surface area contributed by atoms with Gasteiger partial charge in [0.15, 0.2) is 0 Å². The number of nitrogens with zero attached hydrogens (tertiary/aromatic N) is 3. The van der Waals surface area contributed by atoms with Gasteiger partial charge in [0.05, 0.1) is 6.10 Å². The number of fused-ring (bicyclic) bond motifs is 1. The Balaban J connectivity index is 1.54. The maximum absolute atomic E-state index is 13.6. The summed E-state index contributed by atoms with van der Waals surface area (Å²) in [4.78, 5) is 28.2. The molecular formula is C24H23F3N4O5. The van der Waals surface area contributed by atoms with Gasteiger partial charge >= 0.3 is 12.1 Å². The van der Waals surface area contributed by atoms with Crippen molar-refractivity contribution in [2.45, 2.75) is 44.2 Å². The molecule has 0 amide bonds. The molecule has 2 aliphatic rings. The Bertz CT molecular complexity index is 1380. The molecule has 5 rings (SSSR count). The number of benzene rings is 2. The van der Waals surface area contributed by atoms with Crippen LogP contribution in [0.2, 0.25) is 0 Å². The molecule has 0 bridgehead atoms. The highest BCUT2D eigenvalue weighted by Crippen LogP contribution is 2.36. The quantitative estimate of drug-likeness (QED) is 0.533. The predicted octanol–water partition coefficient (Wildman–Crippen LogP) is 2.94. The molecule has 1 atom stereocenters. The maximum atomic E-state index is 13.6. The number of rotatable bonds is 6. The Hall–Kier alpha value is -3.93. The summed E-state index contributed by atoms with van der Waals surface area (Å²) in [6.07, 6.45) is -5.85. The molecule has 1 fully saturated rings. The number of ether oxygens (including phenoxy) is 2. The van der Waals surface area contributed by atoms with E-state index in [0.717, 1.165) is 22.3 Å². The predicted molar refractivity (Wildman–Crippen MR) is 124 cm³/mol. The zero-order valence-corrected chi connectivity index (χ0v) is 19.1. The molecule has 1 aliphatic heterocycles. The standard InChI is InChI=1S/C24H23F3N4O5/c1-29-20-19(21(33)31(23(29)34)15-10-16(32)11-15)30(13-14-6-3-2-4-7-14)22(28-20)35-17-8-5-9-18(12-17)36-24(25,26)27/h2-9,12,15-16,22,28,32H,10-11,13H2,1H3. The smallest absolute Gasteiger partial charge is 0.452 e. The molecule has 36 heavy (non-hydrogen) atoms. The van der Waals surface area contributed by atoms with Crippen LogP contribution in [0.1, 0.15) is 24.4 Å². The van der Waals surface area contributed by atoms with Crippen molar-refractivity contribution < 1.29 is 27.8 Å². The van der Waals surface area contributed by atoms with Crippen LogP contribution in [0.25, 0.3) is 0 Å². The second-order valence-corrected chi connectivity index (χ2v) is 8.74. The second kappa shape index (κ2) is 8.94. The molecule has 12 heteroatoms. The highest BCUT2D eigenvalue weighted by Gasteiger charge is 2.39. The van der Waals surface area contributed by atoms with E-state index in [4.69, 9.17) is 4.74 Å². The Labute approximate surface area is 202 Å². The van der Waals surface area contributed by atoms with Crippen LogP contribution in [0.4, 0.5) is 24.7 Å². The Kier molecular flexibility index (Phi) is 5.91. The summed E-state index contributed by atoms with van der Waals surface area (Å²) in [5.41, 5.74) is -0.0402. The van der Waals surface area contributed by atoms with Crippen LogP contribution in [0.3, 0.4) is 0 Å². The first kappa shape index (κ1) is 23.8. The molecule has 2 heterocycles. The van der Waals surface area contributed by atoms with E-state index >= 15 is 0 Å². The fourth-order valence-corrected chi connectivity index (χ4v) is 4.46. The average Bonchev–Trinajstić information content (AvgIpc) is 3.14. The minimum Gasteiger partial charge on any atom is -0.452 e. The Morgan fingerprint density at radius 3 is 2.42 bits per heavy atom. The summed E-state index contributed by atoms with van der Waals surface area (Å²) in [6.45, 7) is 0.213. The summed E-state index contributed by atoms with van der Waals surface area (Å²) >= 11 is 0. The third kappa shape index (κ3) is 4.51. The number of aliphatic hydroxyl groups is 1. The number of hydrogen-bond acceptors (Lipinski definition) is 7. The Morgan fingerprint density at radius 2 is 1.75 bits per heavy atom. The topological polar surface area (TPSA) is 98.0 Å². The Morgan fingerprint density at radius 1 is 1.06 bits per heavy atom. The van der Waals surface area contributed by atoms with Gasteiger partial charge < -0.3 is 24.8 Å². The van der Waals surface area contributed by atoms with Gasteiger partial charge in [-0.1, -0.05) is 36.4 Å². The minimum atomic E-state index is -4.86. The van der Waals surface area contributed by atoms with Gasteiger partial charge in [-0.3, -0.25) is 13.9 Å². The molecular weight excluding hydrogens is 481 g/mol. The van der Waals surface area contributed by atoms with Crippen LogP contribution in [0, 0.1) is 0 Å². The van der Waals surface area contributed by atoms with E-state index in [1.807, 2.05) is 30.3 Å². The first-order valence-corrected chi connectivity index (χ1v) is 11.2. The van der Waals surface area contributed by atoms with Crippen LogP contribution in [-0.4, -0.2) is 33.1 Å². The van der Waals surface area contributed by atoms with Crippen LogP contribution < -0.4 is 30.9 Å². The van der Waals surface area contributed by atoms with E-state index in [-0.39, 0.29) is 23.8 Å². The number of hydrogen-bond donors (Lipinski definition) is 2. The maximum Gasteiger partial charge on any atom is 0.573 e. The van der Waals surface area contributed by atoms with Crippen molar-refractivity contribution >= 4 is 11.5 Å². The molecule has 2 N–H and O–H groups in total. The average molecular weight is 504 g/mol. The lowest BCUT2D eigenvalue weighted by Gasteiger charge is -2.33.